The fourth-order valence-electron chi connectivity index (χ4n) is 1.40. The summed E-state index contributed by atoms with van der Waals surface area (Å²) in [5, 5.41) is 0. The average Bonchev–Trinajstić information content (AvgIpc) is 2.14. The summed E-state index contributed by atoms with van der Waals surface area (Å²) in [7, 11) is 0. The van der Waals surface area contributed by atoms with E-state index in [2.05, 4.69) is 4.74 Å². The Hall–Kier alpha value is -0.900. The fraction of sp³-hybridized carbons (Fsp3) is 0.455. The first-order chi connectivity index (χ1) is 7.42. The van der Waals surface area contributed by atoms with Crippen molar-refractivity contribution >= 4 is 11.6 Å². The highest BCUT2D eigenvalue weighted by Gasteiger charge is 2.31. The molecule has 0 saturated heterocycles. The predicted octanol–water partition coefficient (Wildman–Crippen LogP) is 4.07. The van der Waals surface area contributed by atoms with Crippen LogP contribution in [0.5, 0.6) is 5.75 Å². The van der Waals surface area contributed by atoms with Gasteiger partial charge in [0.05, 0.1) is 0 Å². The minimum absolute atomic E-state index is 0.181. The van der Waals surface area contributed by atoms with Crippen LogP contribution in [0, 0.1) is 6.92 Å². The van der Waals surface area contributed by atoms with Crippen LogP contribution in [0.15, 0.2) is 18.2 Å². The van der Waals surface area contributed by atoms with Crippen LogP contribution in [0.3, 0.4) is 0 Å². The third-order valence-corrected chi connectivity index (χ3v) is 2.39. The van der Waals surface area contributed by atoms with Gasteiger partial charge in [0.2, 0.25) is 0 Å². The summed E-state index contributed by atoms with van der Waals surface area (Å²) in [6, 6.07) is 4.35. The molecular weight excluding hydrogens is 241 g/mol. The summed E-state index contributed by atoms with van der Waals surface area (Å²) < 4.78 is 39.6. The molecule has 0 heterocycles. The van der Waals surface area contributed by atoms with Crippen molar-refractivity contribution in [1.82, 2.24) is 0 Å². The highest BCUT2D eigenvalue weighted by molar-refractivity contribution is 6.17. The largest absolute Gasteiger partial charge is 0.573 e. The van der Waals surface area contributed by atoms with E-state index in [-0.39, 0.29) is 5.75 Å². The summed E-state index contributed by atoms with van der Waals surface area (Å²) >= 11 is 5.55. The third kappa shape index (κ3) is 4.31. The van der Waals surface area contributed by atoms with Gasteiger partial charge in [-0.1, -0.05) is 6.07 Å². The lowest BCUT2D eigenvalue weighted by molar-refractivity contribution is -0.274. The molecule has 90 valence electrons. The molecular formula is C11H12ClF3O. The molecule has 0 amide bonds. The zero-order valence-corrected chi connectivity index (χ0v) is 9.53. The number of aryl methyl sites for hydroxylation is 2. The number of hydrogen-bond acceptors (Lipinski definition) is 1. The lowest BCUT2D eigenvalue weighted by Gasteiger charge is -2.11. The van der Waals surface area contributed by atoms with E-state index in [4.69, 9.17) is 11.6 Å². The van der Waals surface area contributed by atoms with E-state index in [9.17, 15) is 13.2 Å². The first-order valence-electron chi connectivity index (χ1n) is 4.83. The first-order valence-corrected chi connectivity index (χ1v) is 5.37. The molecule has 0 aromatic heterocycles. The summed E-state index contributed by atoms with van der Waals surface area (Å²) in [6.45, 7) is 1.76. The van der Waals surface area contributed by atoms with E-state index >= 15 is 0 Å². The maximum absolute atomic E-state index is 11.9. The van der Waals surface area contributed by atoms with Crippen LogP contribution in [0.1, 0.15) is 17.5 Å². The standard InChI is InChI=1S/C11H12ClF3O/c1-8-7-10(16-11(13,14)15)5-4-9(8)3-2-6-12/h4-5,7H,2-3,6H2,1H3. The summed E-state index contributed by atoms with van der Waals surface area (Å²) in [6.07, 6.45) is -3.06. The third-order valence-electron chi connectivity index (χ3n) is 2.13. The van der Waals surface area contributed by atoms with Crippen LogP contribution in [0.25, 0.3) is 0 Å². The predicted molar refractivity (Wildman–Crippen MR) is 56.9 cm³/mol. The zero-order valence-electron chi connectivity index (χ0n) is 8.77. The van der Waals surface area contributed by atoms with E-state index in [1.807, 2.05) is 0 Å². The molecule has 0 radical (unpaired) electrons. The van der Waals surface area contributed by atoms with E-state index in [1.165, 1.54) is 12.1 Å². The van der Waals surface area contributed by atoms with Gasteiger partial charge in [0.1, 0.15) is 5.75 Å². The molecule has 0 bridgehead atoms. The fourth-order valence-corrected chi connectivity index (χ4v) is 1.54. The Labute approximate surface area is 97.2 Å². The van der Waals surface area contributed by atoms with Crippen LogP contribution >= 0.6 is 11.6 Å². The highest BCUT2D eigenvalue weighted by Crippen LogP contribution is 2.25. The normalized spacial score (nSPS) is 11.6. The Morgan fingerprint density at radius 1 is 1.31 bits per heavy atom. The topological polar surface area (TPSA) is 9.23 Å². The Bertz CT molecular complexity index is 350. The number of ether oxygens (including phenoxy) is 1. The van der Waals surface area contributed by atoms with Gasteiger partial charge in [-0.2, -0.15) is 0 Å². The van der Waals surface area contributed by atoms with Gasteiger partial charge in [-0.15, -0.1) is 24.8 Å². The van der Waals surface area contributed by atoms with Crippen LogP contribution in [0.4, 0.5) is 13.2 Å². The highest BCUT2D eigenvalue weighted by atomic mass is 35.5. The molecule has 0 atom stereocenters. The zero-order chi connectivity index (χ0) is 12.2. The molecule has 0 aliphatic heterocycles. The molecule has 1 aromatic rings. The number of alkyl halides is 4. The minimum atomic E-state index is -4.63. The van der Waals surface area contributed by atoms with Gasteiger partial charge in [0, 0.05) is 5.88 Å². The number of rotatable bonds is 4. The molecule has 0 spiro atoms. The molecule has 5 heteroatoms. The SMILES string of the molecule is Cc1cc(OC(F)(F)F)ccc1CCCCl. The van der Waals surface area contributed by atoms with Crippen molar-refractivity contribution in [3.05, 3.63) is 29.3 Å². The molecule has 0 N–H and O–H groups in total. The number of benzene rings is 1. The molecule has 1 nitrogen and oxygen atoms in total. The summed E-state index contributed by atoms with van der Waals surface area (Å²) in [5.41, 5.74) is 1.78. The summed E-state index contributed by atoms with van der Waals surface area (Å²) in [5.74, 6) is 0.361. The van der Waals surface area contributed by atoms with Gasteiger partial charge in [0.15, 0.2) is 0 Å². The van der Waals surface area contributed by atoms with Gasteiger partial charge < -0.3 is 4.74 Å². The maximum atomic E-state index is 11.9. The van der Waals surface area contributed by atoms with Gasteiger partial charge in [0.25, 0.3) is 0 Å². The quantitative estimate of drug-likeness (QED) is 0.734. The molecule has 1 aromatic carbocycles. The molecule has 0 saturated carbocycles. The number of halogens is 4. The van der Waals surface area contributed by atoms with Gasteiger partial charge in [-0.3, -0.25) is 0 Å². The lowest BCUT2D eigenvalue weighted by atomic mass is 10.0. The van der Waals surface area contributed by atoms with Crippen LogP contribution in [-0.2, 0) is 6.42 Å². The van der Waals surface area contributed by atoms with Crippen LogP contribution in [-0.4, -0.2) is 12.2 Å². The summed E-state index contributed by atoms with van der Waals surface area (Å²) in [4.78, 5) is 0. The van der Waals surface area contributed by atoms with Crippen molar-refractivity contribution in [2.45, 2.75) is 26.1 Å². The van der Waals surface area contributed by atoms with Crippen molar-refractivity contribution in [3.63, 3.8) is 0 Å². The van der Waals surface area contributed by atoms with Crippen molar-refractivity contribution in [3.8, 4) is 5.75 Å². The molecule has 0 fully saturated rings. The average molecular weight is 253 g/mol. The molecule has 1 rings (SSSR count). The van der Waals surface area contributed by atoms with Gasteiger partial charge >= 0.3 is 6.36 Å². The van der Waals surface area contributed by atoms with E-state index < -0.39 is 6.36 Å². The maximum Gasteiger partial charge on any atom is 0.573 e. The van der Waals surface area contributed by atoms with Crippen molar-refractivity contribution < 1.29 is 17.9 Å². The molecule has 0 aliphatic carbocycles. The van der Waals surface area contributed by atoms with Gasteiger partial charge in [-0.05, 0) is 43.0 Å². The Morgan fingerprint density at radius 3 is 2.50 bits per heavy atom. The monoisotopic (exact) mass is 252 g/mol. The smallest absolute Gasteiger partial charge is 0.406 e. The number of hydrogen-bond donors (Lipinski definition) is 0. The molecule has 0 unspecified atom stereocenters. The van der Waals surface area contributed by atoms with E-state index in [0.29, 0.717) is 5.88 Å². The molecule has 0 aliphatic rings. The molecule has 16 heavy (non-hydrogen) atoms. The second-order valence-corrected chi connectivity index (χ2v) is 3.81. The first kappa shape index (κ1) is 13.2. The lowest BCUT2D eigenvalue weighted by Crippen LogP contribution is -2.17. The van der Waals surface area contributed by atoms with Crippen LogP contribution in [0.2, 0.25) is 0 Å². The van der Waals surface area contributed by atoms with Crippen molar-refractivity contribution in [2.75, 3.05) is 5.88 Å². The second kappa shape index (κ2) is 5.43. The van der Waals surface area contributed by atoms with Crippen LogP contribution < -0.4 is 4.74 Å². The van der Waals surface area contributed by atoms with Gasteiger partial charge in [-0.25, -0.2) is 0 Å². The Kier molecular flexibility index (Phi) is 4.47. The Morgan fingerprint density at radius 2 is 2.00 bits per heavy atom. The Balaban J connectivity index is 2.74. The van der Waals surface area contributed by atoms with E-state index in [0.717, 1.165) is 24.0 Å². The second-order valence-electron chi connectivity index (χ2n) is 3.43. The van der Waals surface area contributed by atoms with Crippen molar-refractivity contribution in [1.29, 1.82) is 0 Å². The van der Waals surface area contributed by atoms with Crippen molar-refractivity contribution in [2.24, 2.45) is 0 Å². The van der Waals surface area contributed by atoms with E-state index in [1.54, 1.807) is 13.0 Å². The minimum Gasteiger partial charge on any atom is -0.406 e.